The van der Waals surface area contributed by atoms with Gasteiger partial charge in [-0.2, -0.15) is 0 Å². The molecular formula is C33H38N2O2. The number of nitrogens with zero attached hydrogens (tertiary/aromatic N) is 1. The predicted molar refractivity (Wildman–Crippen MR) is 151 cm³/mol. The molecule has 0 saturated heterocycles. The maximum absolute atomic E-state index is 11.4. The van der Waals surface area contributed by atoms with Crippen molar-refractivity contribution in [3.8, 4) is 5.75 Å². The first-order chi connectivity index (χ1) is 18.1. The van der Waals surface area contributed by atoms with E-state index in [0.717, 1.165) is 55.2 Å². The Labute approximate surface area is 221 Å². The minimum absolute atomic E-state index is 0.0744. The molecule has 3 unspecified atom stereocenters. The molecule has 3 aromatic carbocycles. The number of ether oxygens (including phenoxy) is 1. The summed E-state index contributed by atoms with van der Waals surface area (Å²) in [7, 11) is 0. The highest BCUT2D eigenvalue weighted by molar-refractivity contribution is 5.88. The topological polar surface area (TPSA) is 41.6 Å². The Morgan fingerprint density at radius 1 is 0.946 bits per heavy atom. The molecule has 2 aliphatic carbocycles. The quantitative estimate of drug-likeness (QED) is 0.223. The van der Waals surface area contributed by atoms with Gasteiger partial charge in [-0.3, -0.25) is 4.79 Å². The van der Waals surface area contributed by atoms with Crippen LogP contribution >= 0.6 is 0 Å². The van der Waals surface area contributed by atoms with Crippen molar-refractivity contribution in [3.63, 3.8) is 0 Å². The Kier molecular flexibility index (Phi) is 8.37. The summed E-state index contributed by atoms with van der Waals surface area (Å²) in [4.78, 5) is 14.1. The number of allylic oxidation sites excluding steroid dienone is 2. The van der Waals surface area contributed by atoms with Crippen molar-refractivity contribution < 1.29 is 9.53 Å². The zero-order valence-electron chi connectivity index (χ0n) is 21.8. The van der Waals surface area contributed by atoms with Crippen LogP contribution in [-0.2, 0) is 4.79 Å². The van der Waals surface area contributed by atoms with E-state index >= 15 is 0 Å². The molecule has 1 fully saturated rings. The van der Waals surface area contributed by atoms with Crippen LogP contribution in [0.25, 0.3) is 0 Å². The number of hydrogen-bond acceptors (Lipinski definition) is 3. The number of hydrogen-bond donors (Lipinski definition) is 1. The summed E-state index contributed by atoms with van der Waals surface area (Å²) in [5, 5.41) is 2.83. The molecule has 4 heteroatoms. The van der Waals surface area contributed by atoms with Crippen LogP contribution in [0.3, 0.4) is 0 Å². The summed E-state index contributed by atoms with van der Waals surface area (Å²) >= 11 is 0. The van der Waals surface area contributed by atoms with E-state index in [1.165, 1.54) is 30.9 Å². The van der Waals surface area contributed by atoms with Crippen LogP contribution in [0.1, 0.15) is 43.2 Å². The minimum Gasteiger partial charge on any atom is -0.493 e. The van der Waals surface area contributed by atoms with E-state index in [9.17, 15) is 4.79 Å². The number of carbonyl (C=O) groups is 1. The van der Waals surface area contributed by atoms with E-state index in [4.69, 9.17) is 4.74 Å². The summed E-state index contributed by atoms with van der Waals surface area (Å²) in [6.45, 7) is 5.31. The third-order valence-electron chi connectivity index (χ3n) is 7.80. The Morgan fingerprint density at radius 3 is 2.30 bits per heavy atom. The van der Waals surface area contributed by atoms with E-state index in [1.807, 2.05) is 24.3 Å². The lowest BCUT2D eigenvalue weighted by atomic mass is 9.89. The lowest BCUT2D eigenvalue weighted by Crippen LogP contribution is -2.36. The van der Waals surface area contributed by atoms with Gasteiger partial charge >= 0.3 is 0 Å². The summed E-state index contributed by atoms with van der Waals surface area (Å²) in [5.74, 6) is 3.34. The van der Waals surface area contributed by atoms with Gasteiger partial charge in [0.05, 0.1) is 6.61 Å². The molecule has 192 valence electrons. The van der Waals surface area contributed by atoms with Gasteiger partial charge in [0.15, 0.2) is 0 Å². The van der Waals surface area contributed by atoms with Crippen molar-refractivity contribution in [1.82, 2.24) is 4.90 Å². The molecular weight excluding hydrogens is 456 g/mol. The molecule has 1 N–H and O–H groups in total. The van der Waals surface area contributed by atoms with Crippen molar-refractivity contribution in [1.29, 1.82) is 0 Å². The summed E-state index contributed by atoms with van der Waals surface area (Å²) in [6.07, 6.45) is 8.52. The van der Waals surface area contributed by atoms with Crippen molar-refractivity contribution in [3.05, 3.63) is 108 Å². The number of amides is 1. The molecule has 0 spiro atoms. The molecule has 4 nitrogen and oxygen atoms in total. The van der Waals surface area contributed by atoms with Gasteiger partial charge in [-0.25, -0.2) is 0 Å². The Hall–Kier alpha value is -3.37. The third-order valence-corrected chi connectivity index (χ3v) is 7.80. The highest BCUT2D eigenvalue weighted by Gasteiger charge is 2.36. The molecule has 1 amide bonds. The standard InChI is InChI=1S/C33H38N2O2/c1-25(36)34-31-14-8-15-32(22-31)37-19-9-18-35(23-30-21-26-16-17-29(30)20-26)24-33(27-10-4-2-5-11-27)28-12-6-3-7-13-28/h2-8,10-17,22,26,29-30,33H,9,18-21,23-24H2,1H3,(H,34,36). The number of carbonyl (C=O) groups excluding carboxylic acids is 1. The minimum atomic E-state index is -0.0744. The molecule has 0 heterocycles. The zero-order valence-corrected chi connectivity index (χ0v) is 21.8. The molecule has 3 aromatic rings. The molecule has 3 atom stereocenters. The second-order valence-electron chi connectivity index (χ2n) is 10.6. The van der Waals surface area contributed by atoms with Gasteiger partial charge in [0.1, 0.15) is 5.75 Å². The zero-order chi connectivity index (χ0) is 25.5. The average molecular weight is 495 g/mol. The largest absolute Gasteiger partial charge is 0.493 e. The van der Waals surface area contributed by atoms with Crippen LogP contribution in [0, 0.1) is 17.8 Å². The number of anilines is 1. The molecule has 37 heavy (non-hydrogen) atoms. The Morgan fingerprint density at radius 2 is 1.68 bits per heavy atom. The Balaban J connectivity index is 1.26. The second-order valence-corrected chi connectivity index (χ2v) is 10.6. The highest BCUT2D eigenvalue weighted by Crippen LogP contribution is 2.44. The fourth-order valence-corrected chi connectivity index (χ4v) is 6.07. The first-order valence-corrected chi connectivity index (χ1v) is 13.6. The average Bonchev–Trinajstić information content (AvgIpc) is 3.54. The molecule has 1 saturated carbocycles. The van der Waals surface area contributed by atoms with Gasteiger partial charge in [0.25, 0.3) is 0 Å². The molecule has 0 aliphatic heterocycles. The van der Waals surface area contributed by atoms with E-state index in [2.05, 4.69) is 83.0 Å². The Bertz CT molecular complexity index is 1140. The van der Waals surface area contributed by atoms with Crippen molar-refractivity contribution in [2.24, 2.45) is 17.8 Å². The highest BCUT2D eigenvalue weighted by atomic mass is 16.5. The number of rotatable bonds is 12. The maximum Gasteiger partial charge on any atom is 0.221 e. The predicted octanol–water partition coefficient (Wildman–Crippen LogP) is 6.76. The van der Waals surface area contributed by atoms with E-state index in [1.54, 1.807) is 0 Å². The normalized spacial score (nSPS) is 20.0. The van der Waals surface area contributed by atoms with Gasteiger partial charge in [0.2, 0.25) is 5.91 Å². The van der Waals surface area contributed by atoms with Crippen LogP contribution in [0.15, 0.2) is 97.1 Å². The summed E-state index contributed by atoms with van der Waals surface area (Å²) < 4.78 is 6.08. The summed E-state index contributed by atoms with van der Waals surface area (Å²) in [6, 6.07) is 29.5. The fraction of sp³-hybridized carbons (Fsp3) is 0.364. The van der Waals surface area contributed by atoms with Crippen LogP contribution in [0.4, 0.5) is 5.69 Å². The van der Waals surface area contributed by atoms with Gasteiger partial charge in [-0.1, -0.05) is 78.9 Å². The van der Waals surface area contributed by atoms with Gasteiger partial charge < -0.3 is 15.0 Å². The van der Waals surface area contributed by atoms with Crippen LogP contribution in [-0.4, -0.2) is 37.0 Å². The molecule has 2 bridgehead atoms. The molecule has 5 rings (SSSR count). The molecule has 0 radical (unpaired) electrons. The molecule has 2 aliphatic rings. The first-order valence-electron chi connectivity index (χ1n) is 13.6. The van der Waals surface area contributed by atoms with Crippen LogP contribution < -0.4 is 10.1 Å². The lowest BCUT2D eigenvalue weighted by molar-refractivity contribution is -0.114. The lowest BCUT2D eigenvalue weighted by Gasteiger charge is -2.32. The van der Waals surface area contributed by atoms with Gasteiger partial charge in [0, 0.05) is 44.2 Å². The smallest absolute Gasteiger partial charge is 0.221 e. The second kappa shape index (κ2) is 12.2. The van der Waals surface area contributed by atoms with Gasteiger partial charge in [-0.05, 0) is 60.3 Å². The van der Waals surface area contributed by atoms with E-state index < -0.39 is 0 Å². The van der Waals surface area contributed by atoms with Crippen molar-refractivity contribution in [2.75, 3.05) is 31.6 Å². The van der Waals surface area contributed by atoms with E-state index in [-0.39, 0.29) is 5.91 Å². The fourth-order valence-electron chi connectivity index (χ4n) is 6.07. The monoisotopic (exact) mass is 494 g/mol. The number of nitrogens with one attached hydrogen (secondary N) is 1. The third kappa shape index (κ3) is 6.90. The van der Waals surface area contributed by atoms with Crippen LogP contribution in [0.5, 0.6) is 5.75 Å². The van der Waals surface area contributed by atoms with Crippen LogP contribution in [0.2, 0.25) is 0 Å². The first kappa shape index (κ1) is 25.3. The van der Waals surface area contributed by atoms with Crippen molar-refractivity contribution >= 4 is 11.6 Å². The summed E-state index contributed by atoms with van der Waals surface area (Å²) in [5.41, 5.74) is 3.51. The number of benzene rings is 3. The van der Waals surface area contributed by atoms with E-state index in [0.29, 0.717) is 12.5 Å². The molecule has 0 aromatic heterocycles. The SMILES string of the molecule is CC(=O)Nc1cccc(OCCCN(CC(c2ccccc2)c2ccccc2)CC2CC3C=CC2C3)c1. The number of fused-ring (bicyclic) bond motifs is 2. The van der Waals surface area contributed by atoms with Crippen molar-refractivity contribution in [2.45, 2.75) is 32.1 Å². The van der Waals surface area contributed by atoms with Gasteiger partial charge in [-0.15, -0.1) is 0 Å². The maximum atomic E-state index is 11.4.